The fraction of sp³-hybridized carbons (Fsp3) is 0.130. The molecule has 0 fully saturated rings. The zero-order valence-electron chi connectivity index (χ0n) is 16.3. The predicted octanol–water partition coefficient (Wildman–Crippen LogP) is 5.31. The molecule has 0 bridgehead atoms. The van der Waals surface area contributed by atoms with Crippen LogP contribution in [0, 0.1) is 0 Å². The van der Waals surface area contributed by atoms with Crippen LogP contribution in [0.4, 0.5) is 0 Å². The molecule has 4 aromatic rings. The molecule has 1 heterocycles. The number of carbonyl (C=O) groups is 1. The van der Waals surface area contributed by atoms with Crippen LogP contribution < -0.4 is 14.2 Å². The number of hydrogen-bond acceptors (Lipinski definition) is 6. The van der Waals surface area contributed by atoms with E-state index >= 15 is 0 Å². The van der Waals surface area contributed by atoms with Crippen LogP contribution in [0.15, 0.2) is 65.2 Å². The van der Waals surface area contributed by atoms with Gasteiger partial charge in [0.05, 0.1) is 19.9 Å². The second-order valence-corrected chi connectivity index (χ2v) is 6.95. The maximum Gasteiger partial charge on any atom is 0.351 e. The van der Waals surface area contributed by atoms with E-state index in [9.17, 15) is 4.79 Å². The summed E-state index contributed by atoms with van der Waals surface area (Å²) >= 11 is 5.94. The number of halogens is 1. The lowest BCUT2D eigenvalue weighted by atomic mass is 10.1. The van der Waals surface area contributed by atoms with E-state index in [2.05, 4.69) is 5.16 Å². The molecule has 7 heteroatoms. The Labute approximate surface area is 177 Å². The first kappa shape index (κ1) is 19.8. The summed E-state index contributed by atoms with van der Waals surface area (Å²) in [6.45, 7) is 0. The first-order chi connectivity index (χ1) is 14.6. The highest BCUT2D eigenvalue weighted by molar-refractivity contribution is 6.30. The molecule has 152 valence electrons. The van der Waals surface area contributed by atoms with Gasteiger partial charge in [0.1, 0.15) is 22.8 Å². The van der Waals surface area contributed by atoms with Crippen LogP contribution in [0.2, 0.25) is 5.02 Å². The molecule has 0 aliphatic heterocycles. The van der Waals surface area contributed by atoms with Crippen LogP contribution in [0.5, 0.6) is 17.2 Å². The van der Waals surface area contributed by atoms with Gasteiger partial charge in [-0.1, -0.05) is 35.0 Å². The third kappa shape index (κ3) is 3.95. The van der Waals surface area contributed by atoms with Crippen LogP contribution in [-0.4, -0.2) is 25.3 Å². The number of esters is 1. The fourth-order valence-corrected chi connectivity index (χ4v) is 3.29. The zero-order valence-corrected chi connectivity index (χ0v) is 17.1. The normalized spacial score (nSPS) is 10.8. The molecule has 0 N–H and O–H groups in total. The van der Waals surface area contributed by atoms with Crippen LogP contribution >= 0.6 is 11.6 Å². The summed E-state index contributed by atoms with van der Waals surface area (Å²) in [5.41, 5.74) is 2.59. The number of benzene rings is 3. The smallest absolute Gasteiger partial charge is 0.351 e. The Kier molecular flexibility index (Phi) is 5.59. The molecule has 0 amide bonds. The van der Waals surface area contributed by atoms with Crippen molar-refractivity contribution in [3.63, 3.8) is 0 Å². The summed E-state index contributed by atoms with van der Waals surface area (Å²) in [5.74, 6) is 0.467. The van der Waals surface area contributed by atoms with Gasteiger partial charge in [0, 0.05) is 22.9 Å². The molecule has 30 heavy (non-hydrogen) atoms. The number of hydrogen-bond donors (Lipinski definition) is 0. The number of methoxy groups -OCH3 is 2. The monoisotopic (exact) mass is 423 g/mol. The number of nitrogens with zero attached hydrogens (tertiary/aromatic N) is 1. The van der Waals surface area contributed by atoms with Crippen molar-refractivity contribution in [2.24, 2.45) is 0 Å². The van der Waals surface area contributed by atoms with Gasteiger partial charge in [-0.3, -0.25) is 0 Å². The Morgan fingerprint density at radius 2 is 1.70 bits per heavy atom. The van der Waals surface area contributed by atoms with E-state index < -0.39 is 5.97 Å². The average Bonchev–Trinajstić information content (AvgIpc) is 3.16. The predicted molar refractivity (Wildman–Crippen MR) is 113 cm³/mol. The second-order valence-electron chi connectivity index (χ2n) is 6.52. The number of carbonyl (C=O) groups excluding carboxylic acids is 1. The molecular formula is C23H18ClNO5. The van der Waals surface area contributed by atoms with Gasteiger partial charge in [-0.05, 0) is 42.0 Å². The van der Waals surface area contributed by atoms with Crippen molar-refractivity contribution in [3.8, 4) is 17.2 Å². The van der Waals surface area contributed by atoms with Gasteiger partial charge in [-0.2, -0.15) is 0 Å². The third-order valence-electron chi connectivity index (χ3n) is 4.65. The Morgan fingerprint density at radius 1 is 1.00 bits per heavy atom. The molecule has 0 aliphatic carbocycles. The van der Waals surface area contributed by atoms with Crippen molar-refractivity contribution in [2.45, 2.75) is 6.42 Å². The minimum absolute atomic E-state index is 0.212. The average molecular weight is 424 g/mol. The highest BCUT2D eigenvalue weighted by atomic mass is 35.5. The number of fused-ring (bicyclic) bond motifs is 1. The number of aromatic nitrogens is 1. The lowest BCUT2D eigenvalue weighted by Crippen LogP contribution is -2.11. The largest absolute Gasteiger partial charge is 0.496 e. The summed E-state index contributed by atoms with van der Waals surface area (Å²) in [4.78, 5) is 12.7. The minimum atomic E-state index is -0.593. The zero-order chi connectivity index (χ0) is 21.1. The molecule has 1 aromatic heterocycles. The van der Waals surface area contributed by atoms with E-state index in [1.807, 2.05) is 30.3 Å². The minimum Gasteiger partial charge on any atom is -0.496 e. The summed E-state index contributed by atoms with van der Waals surface area (Å²) in [7, 11) is 2.96. The highest BCUT2D eigenvalue weighted by Crippen LogP contribution is 2.31. The van der Waals surface area contributed by atoms with Crippen LogP contribution in [0.1, 0.15) is 21.6 Å². The molecule has 6 nitrogen and oxygen atoms in total. The fourth-order valence-electron chi connectivity index (χ4n) is 3.17. The number of ether oxygens (including phenoxy) is 3. The van der Waals surface area contributed by atoms with E-state index in [0.717, 1.165) is 16.6 Å². The van der Waals surface area contributed by atoms with Crippen LogP contribution in [-0.2, 0) is 6.42 Å². The highest BCUT2D eigenvalue weighted by Gasteiger charge is 2.21. The number of rotatable bonds is 6. The van der Waals surface area contributed by atoms with Gasteiger partial charge < -0.3 is 18.7 Å². The second kappa shape index (κ2) is 8.47. The molecule has 0 aliphatic rings. The van der Waals surface area contributed by atoms with Crippen molar-refractivity contribution in [2.75, 3.05) is 14.2 Å². The van der Waals surface area contributed by atoms with E-state index in [-0.39, 0.29) is 5.56 Å². The first-order valence-electron chi connectivity index (χ1n) is 9.15. The van der Waals surface area contributed by atoms with Gasteiger partial charge in [-0.25, -0.2) is 4.79 Å². The summed E-state index contributed by atoms with van der Waals surface area (Å²) < 4.78 is 21.5. The Balaban J connectivity index is 1.58. The van der Waals surface area contributed by atoms with E-state index in [1.54, 1.807) is 30.3 Å². The Bertz CT molecular complexity index is 1180. The quantitative estimate of drug-likeness (QED) is 0.309. The molecule has 0 radical (unpaired) electrons. The van der Waals surface area contributed by atoms with Crippen molar-refractivity contribution in [3.05, 3.63) is 82.5 Å². The molecule has 0 saturated heterocycles. The molecule has 0 atom stereocenters. The van der Waals surface area contributed by atoms with Crippen molar-refractivity contribution >= 4 is 28.5 Å². The molecule has 0 saturated carbocycles. The standard InChI is InChI=1S/C23H18ClNO5/c1-27-19-4-3-5-20(28-2)22(19)23(26)29-16-10-11-17-18(25-30-21(17)13-16)12-14-6-8-15(24)9-7-14/h3-11,13H,12H2,1-2H3. The Morgan fingerprint density at radius 3 is 2.37 bits per heavy atom. The van der Waals surface area contributed by atoms with E-state index in [1.165, 1.54) is 14.2 Å². The summed E-state index contributed by atoms with van der Waals surface area (Å²) in [5, 5.41) is 5.69. The van der Waals surface area contributed by atoms with Crippen LogP contribution in [0.3, 0.4) is 0 Å². The van der Waals surface area contributed by atoms with Crippen molar-refractivity contribution in [1.29, 1.82) is 0 Å². The van der Waals surface area contributed by atoms with E-state index in [0.29, 0.717) is 34.3 Å². The molecule has 4 rings (SSSR count). The van der Waals surface area contributed by atoms with Gasteiger partial charge in [0.2, 0.25) is 0 Å². The summed E-state index contributed by atoms with van der Waals surface area (Å²) in [6, 6.07) is 17.8. The lowest BCUT2D eigenvalue weighted by Gasteiger charge is -2.12. The van der Waals surface area contributed by atoms with Gasteiger partial charge in [-0.15, -0.1) is 0 Å². The molecule has 0 unspecified atom stereocenters. The molecule has 3 aromatic carbocycles. The Hall–Kier alpha value is -3.51. The lowest BCUT2D eigenvalue weighted by molar-refractivity contribution is 0.0727. The van der Waals surface area contributed by atoms with E-state index in [4.69, 9.17) is 30.3 Å². The van der Waals surface area contributed by atoms with Gasteiger partial charge >= 0.3 is 5.97 Å². The van der Waals surface area contributed by atoms with Gasteiger partial charge in [0.15, 0.2) is 5.58 Å². The summed E-state index contributed by atoms with van der Waals surface area (Å²) in [6.07, 6.45) is 0.599. The maximum absolute atomic E-state index is 12.7. The SMILES string of the molecule is COc1cccc(OC)c1C(=O)Oc1ccc2c(Cc3ccc(Cl)cc3)noc2c1. The molecule has 0 spiro atoms. The van der Waals surface area contributed by atoms with Crippen molar-refractivity contribution in [1.82, 2.24) is 5.16 Å². The third-order valence-corrected chi connectivity index (χ3v) is 4.90. The maximum atomic E-state index is 12.7. The first-order valence-corrected chi connectivity index (χ1v) is 9.52. The van der Waals surface area contributed by atoms with Crippen LogP contribution in [0.25, 0.3) is 11.0 Å². The van der Waals surface area contributed by atoms with Gasteiger partial charge in [0.25, 0.3) is 0 Å². The molecular weight excluding hydrogens is 406 g/mol. The topological polar surface area (TPSA) is 70.8 Å². The van der Waals surface area contributed by atoms with Crippen molar-refractivity contribution < 1.29 is 23.5 Å².